The summed E-state index contributed by atoms with van der Waals surface area (Å²) in [5, 5.41) is 0. The van der Waals surface area contributed by atoms with Gasteiger partial charge in [-0.25, -0.2) is 0 Å². The zero-order valence-corrected chi connectivity index (χ0v) is 11.7. The number of alkyl halides is 3. The van der Waals surface area contributed by atoms with Crippen molar-refractivity contribution in [3.05, 3.63) is 0 Å². The van der Waals surface area contributed by atoms with E-state index in [4.69, 9.17) is 39.5 Å². The molecule has 0 N–H and O–H groups in total. The first-order valence-corrected chi connectivity index (χ1v) is 6.04. The molecule has 0 spiro atoms. The fraction of sp³-hybridized carbons (Fsp3) is 0.889. The highest BCUT2D eigenvalue weighted by molar-refractivity contribution is 6.68. The summed E-state index contributed by atoms with van der Waals surface area (Å²) in [6.45, 7) is 2.83. The van der Waals surface area contributed by atoms with Crippen LogP contribution in [0.3, 0.4) is 0 Å². The van der Waals surface area contributed by atoms with Gasteiger partial charge in [-0.1, -0.05) is 34.8 Å². The highest BCUT2D eigenvalue weighted by atomic mass is 35.6. The monoisotopic (exact) mass is 288 g/mol. The molecule has 0 aromatic carbocycles. The number of nitrogens with zero attached hydrogens (tertiary/aromatic N) is 2. The van der Waals surface area contributed by atoms with Gasteiger partial charge in [-0.15, -0.1) is 0 Å². The molecule has 1 fully saturated rings. The molecule has 0 aliphatic carbocycles. The van der Waals surface area contributed by atoms with Gasteiger partial charge >= 0.3 is 0 Å². The molecule has 7 heteroatoms. The second-order valence-corrected chi connectivity index (χ2v) is 6.38. The molecular formula is C9H15Cl3N2O2. The number of likely N-dealkylation sites (N-methyl/N-ethyl adjacent to an activating group) is 1. The zero-order valence-electron chi connectivity index (χ0n) is 9.41. The average molecular weight is 290 g/mol. The van der Waals surface area contributed by atoms with Crippen molar-refractivity contribution >= 4 is 40.7 Å². The lowest BCUT2D eigenvalue weighted by Crippen LogP contribution is -2.45. The first-order valence-electron chi connectivity index (χ1n) is 4.91. The number of carbonyl (C=O) groups is 1. The molecule has 2 atom stereocenters. The van der Waals surface area contributed by atoms with E-state index in [1.54, 1.807) is 6.92 Å². The Morgan fingerprint density at radius 2 is 2.00 bits per heavy atom. The molecule has 1 heterocycles. The molecule has 0 aromatic rings. The minimum Gasteiger partial charge on any atom is -0.341 e. The second-order valence-electron chi connectivity index (χ2n) is 4.01. The van der Waals surface area contributed by atoms with E-state index in [-0.39, 0.29) is 5.91 Å². The first kappa shape index (κ1) is 14.3. The van der Waals surface area contributed by atoms with Gasteiger partial charge in [-0.2, -0.15) is 0 Å². The molecule has 4 nitrogen and oxygen atoms in total. The zero-order chi connectivity index (χ0) is 12.5. The summed E-state index contributed by atoms with van der Waals surface area (Å²) in [5.41, 5.74) is 0. The standard InChI is InChI=1S/C9H15Cl3N2O2/c1-6-7(15)14(5-4-13(2)3)8(16-6)9(10,11)12/h6,8H,4-5H2,1-3H3. The summed E-state index contributed by atoms with van der Waals surface area (Å²) in [4.78, 5) is 15.2. The molecule has 1 aliphatic heterocycles. The predicted octanol–water partition coefficient (Wildman–Crippen LogP) is 1.49. The van der Waals surface area contributed by atoms with Gasteiger partial charge in [0.1, 0.15) is 6.10 Å². The molecule has 16 heavy (non-hydrogen) atoms. The maximum Gasteiger partial charge on any atom is 0.253 e. The van der Waals surface area contributed by atoms with E-state index in [0.717, 1.165) is 0 Å². The van der Waals surface area contributed by atoms with Gasteiger partial charge in [-0.3, -0.25) is 4.79 Å². The van der Waals surface area contributed by atoms with Crippen LogP contribution in [0.15, 0.2) is 0 Å². The Hall–Kier alpha value is 0.260. The Balaban J connectivity index is 2.72. The van der Waals surface area contributed by atoms with E-state index < -0.39 is 16.1 Å². The minimum atomic E-state index is -1.62. The quantitative estimate of drug-likeness (QED) is 0.738. The number of rotatable bonds is 3. The molecule has 2 unspecified atom stereocenters. The van der Waals surface area contributed by atoms with E-state index >= 15 is 0 Å². The molecule has 94 valence electrons. The fourth-order valence-corrected chi connectivity index (χ4v) is 1.97. The van der Waals surface area contributed by atoms with E-state index in [1.807, 2.05) is 19.0 Å². The lowest BCUT2D eigenvalue weighted by atomic mass is 10.3. The fourth-order valence-electron chi connectivity index (χ4n) is 1.46. The van der Waals surface area contributed by atoms with Crippen LogP contribution in [0.1, 0.15) is 6.92 Å². The van der Waals surface area contributed by atoms with Crippen LogP contribution in [0.5, 0.6) is 0 Å². The molecule has 1 aliphatic rings. The van der Waals surface area contributed by atoms with Crippen molar-refractivity contribution in [2.75, 3.05) is 27.2 Å². The van der Waals surface area contributed by atoms with Crippen LogP contribution in [-0.4, -0.2) is 59.0 Å². The normalized spacial score (nSPS) is 26.9. The maximum atomic E-state index is 11.8. The summed E-state index contributed by atoms with van der Waals surface area (Å²) in [6, 6.07) is 0. The summed E-state index contributed by atoms with van der Waals surface area (Å²) in [7, 11) is 3.82. The average Bonchev–Trinajstić information content (AvgIpc) is 2.40. The Kier molecular flexibility index (Phi) is 4.72. The number of carbonyl (C=O) groups excluding carboxylic acids is 1. The van der Waals surface area contributed by atoms with Crippen molar-refractivity contribution in [3.63, 3.8) is 0 Å². The molecule has 1 rings (SSSR count). The summed E-state index contributed by atoms with van der Waals surface area (Å²) in [6.07, 6.45) is -1.36. The number of halogens is 3. The van der Waals surface area contributed by atoms with Crippen LogP contribution in [0, 0.1) is 0 Å². The summed E-state index contributed by atoms with van der Waals surface area (Å²) in [5.74, 6) is -0.141. The summed E-state index contributed by atoms with van der Waals surface area (Å²) >= 11 is 17.3. The molecule has 0 radical (unpaired) electrons. The Morgan fingerprint density at radius 3 is 2.44 bits per heavy atom. The van der Waals surface area contributed by atoms with E-state index in [0.29, 0.717) is 13.1 Å². The van der Waals surface area contributed by atoms with Gasteiger partial charge in [0.05, 0.1) is 0 Å². The van der Waals surface area contributed by atoms with Gasteiger partial charge in [-0.05, 0) is 21.0 Å². The van der Waals surface area contributed by atoms with Crippen LogP contribution in [0.4, 0.5) is 0 Å². The smallest absolute Gasteiger partial charge is 0.253 e. The van der Waals surface area contributed by atoms with Gasteiger partial charge in [0.25, 0.3) is 5.91 Å². The van der Waals surface area contributed by atoms with E-state index in [2.05, 4.69) is 0 Å². The third-order valence-electron chi connectivity index (χ3n) is 2.32. The van der Waals surface area contributed by atoms with Crippen LogP contribution < -0.4 is 0 Å². The van der Waals surface area contributed by atoms with E-state index in [1.165, 1.54) is 4.90 Å². The second kappa shape index (κ2) is 5.27. The SMILES string of the molecule is CC1OC(C(Cl)(Cl)Cl)N(CCN(C)C)C1=O. The van der Waals surface area contributed by atoms with Gasteiger partial charge in [0.2, 0.25) is 3.79 Å². The molecule has 1 saturated heterocycles. The predicted molar refractivity (Wildman–Crippen MR) is 64.9 cm³/mol. The highest BCUT2D eigenvalue weighted by Gasteiger charge is 2.48. The van der Waals surface area contributed by atoms with Gasteiger partial charge in [0.15, 0.2) is 6.23 Å². The van der Waals surface area contributed by atoms with Crippen molar-refractivity contribution in [2.24, 2.45) is 0 Å². The van der Waals surface area contributed by atoms with Crippen LogP contribution in [-0.2, 0) is 9.53 Å². The highest BCUT2D eigenvalue weighted by Crippen LogP contribution is 2.38. The molecule has 0 aromatic heterocycles. The first-order chi connectivity index (χ1) is 7.23. The Morgan fingerprint density at radius 1 is 1.44 bits per heavy atom. The topological polar surface area (TPSA) is 32.8 Å². The maximum absolute atomic E-state index is 11.8. The minimum absolute atomic E-state index is 0.141. The van der Waals surface area contributed by atoms with Gasteiger partial charge in [0, 0.05) is 13.1 Å². The number of hydrogen-bond donors (Lipinski definition) is 0. The van der Waals surface area contributed by atoms with Crippen molar-refractivity contribution in [1.82, 2.24) is 9.80 Å². The lowest BCUT2D eigenvalue weighted by Gasteiger charge is -2.29. The van der Waals surface area contributed by atoms with Crippen LogP contribution in [0.2, 0.25) is 0 Å². The Bertz CT molecular complexity index is 268. The third-order valence-corrected chi connectivity index (χ3v) is 2.88. The summed E-state index contributed by atoms with van der Waals surface area (Å²) < 4.78 is 3.73. The van der Waals surface area contributed by atoms with Crippen molar-refractivity contribution in [3.8, 4) is 0 Å². The molecule has 0 saturated carbocycles. The molecule has 1 amide bonds. The number of amides is 1. The lowest BCUT2D eigenvalue weighted by molar-refractivity contribution is -0.130. The third kappa shape index (κ3) is 3.37. The van der Waals surface area contributed by atoms with Crippen LogP contribution >= 0.6 is 34.8 Å². The molecule has 0 bridgehead atoms. The number of hydrogen-bond acceptors (Lipinski definition) is 3. The van der Waals surface area contributed by atoms with Gasteiger partial charge < -0.3 is 14.5 Å². The van der Waals surface area contributed by atoms with Crippen LogP contribution in [0.25, 0.3) is 0 Å². The number of ether oxygens (including phenoxy) is 1. The van der Waals surface area contributed by atoms with Crippen molar-refractivity contribution in [2.45, 2.75) is 23.0 Å². The van der Waals surface area contributed by atoms with E-state index in [9.17, 15) is 4.79 Å². The van der Waals surface area contributed by atoms with Crippen molar-refractivity contribution < 1.29 is 9.53 Å². The Labute approximate surface area is 110 Å². The van der Waals surface area contributed by atoms with Crippen molar-refractivity contribution in [1.29, 1.82) is 0 Å². The largest absolute Gasteiger partial charge is 0.341 e. The molecular weight excluding hydrogens is 274 g/mol.